The van der Waals surface area contributed by atoms with Gasteiger partial charge in [0.15, 0.2) is 0 Å². The first kappa shape index (κ1) is 28.2. The van der Waals surface area contributed by atoms with Gasteiger partial charge in [-0.05, 0) is 98.6 Å². The molecule has 0 fully saturated rings. The zero-order valence-electron chi connectivity index (χ0n) is 21.3. The fourth-order valence-electron chi connectivity index (χ4n) is 3.62. The molecule has 4 aromatic rings. The smallest absolute Gasteiger partial charge is 0.263 e. The normalized spacial score (nSPS) is 11.6. The number of carbonyl (C=O) groups is 1. The predicted molar refractivity (Wildman–Crippen MR) is 155 cm³/mol. The van der Waals surface area contributed by atoms with Crippen LogP contribution in [0.5, 0.6) is 0 Å². The van der Waals surface area contributed by atoms with Crippen molar-refractivity contribution in [3.8, 4) is 0 Å². The molecular formula is C28H26ClN3O5S2. The van der Waals surface area contributed by atoms with Crippen LogP contribution >= 0.6 is 11.6 Å². The molecule has 3 N–H and O–H groups in total. The minimum atomic E-state index is -4.07. The van der Waals surface area contributed by atoms with E-state index in [4.69, 9.17) is 11.6 Å². The van der Waals surface area contributed by atoms with Crippen LogP contribution < -0.4 is 14.8 Å². The van der Waals surface area contributed by atoms with E-state index in [9.17, 15) is 21.6 Å². The molecule has 1 amide bonds. The van der Waals surface area contributed by atoms with E-state index in [0.717, 1.165) is 16.7 Å². The van der Waals surface area contributed by atoms with E-state index in [-0.39, 0.29) is 20.4 Å². The molecule has 0 radical (unpaired) electrons. The van der Waals surface area contributed by atoms with E-state index in [1.54, 1.807) is 36.4 Å². The van der Waals surface area contributed by atoms with Crippen LogP contribution in [0.25, 0.3) is 0 Å². The molecule has 8 nitrogen and oxygen atoms in total. The number of rotatable bonds is 8. The Kier molecular flexibility index (Phi) is 8.01. The van der Waals surface area contributed by atoms with Gasteiger partial charge in [-0.25, -0.2) is 16.8 Å². The number of sulfonamides is 2. The lowest BCUT2D eigenvalue weighted by molar-refractivity contribution is 0.102. The van der Waals surface area contributed by atoms with Gasteiger partial charge in [0.05, 0.1) is 9.92 Å². The van der Waals surface area contributed by atoms with Crippen LogP contribution in [0.15, 0.2) is 94.7 Å². The molecule has 11 heteroatoms. The molecule has 0 aliphatic rings. The second-order valence-electron chi connectivity index (χ2n) is 9.00. The molecule has 0 spiro atoms. The summed E-state index contributed by atoms with van der Waals surface area (Å²) >= 11 is 6.16. The molecular weight excluding hydrogens is 558 g/mol. The number of anilines is 3. The van der Waals surface area contributed by atoms with Crippen molar-refractivity contribution < 1.29 is 21.6 Å². The SMILES string of the molecule is Cc1ccc(NS(=O)(=O)c2cc(C(=O)Nc3ccc(S(=O)(=O)Nc4ccc(C)c(C)c4)cc3)ccc2Cl)cc1. The molecule has 0 saturated carbocycles. The Labute approximate surface area is 233 Å². The summed E-state index contributed by atoms with van der Waals surface area (Å²) < 4.78 is 56.5. The lowest BCUT2D eigenvalue weighted by Gasteiger charge is -2.12. The van der Waals surface area contributed by atoms with E-state index < -0.39 is 26.0 Å². The molecule has 0 atom stereocenters. The van der Waals surface area contributed by atoms with Gasteiger partial charge < -0.3 is 5.32 Å². The summed E-state index contributed by atoms with van der Waals surface area (Å²) in [6.45, 7) is 5.71. The summed E-state index contributed by atoms with van der Waals surface area (Å²) in [5.74, 6) is -0.595. The molecule has 0 heterocycles. The van der Waals surface area contributed by atoms with Crippen LogP contribution in [0.4, 0.5) is 17.1 Å². The van der Waals surface area contributed by atoms with Crippen LogP contribution in [0.3, 0.4) is 0 Å². The van der Waals surface area contributed by atoms with E-state index in [1.807, 2.05) is 26.8 Å². The first-order valence-corrected chi connectivity index (χ1v) is 15.1. The van der Waals surface area contributed by atoms with Crippen molar-refractivity contribution in [3.05, 3.63) is 112 Å². The average molecular weight is 584 g/mol. The third kappa shape index (κ3) is 6.78. The third-order valence-electron chi connectivity index (χ3n) is 5.97. The number of hydrogen-bond donors (Lipinski definition) is 3. The number of carbonyl (C=O) groups excluding carboxylic acids is 1. The van der Waals surface area contributed by atoms with Crippen LogP contribution in [0, 0.1) is 20.8 Å². The average Bonchev–Trinajstić information content (AvgIpc) is 2.88. The highest BCUT2D eigenvalue weighted by Crippen LogP contribution is 2.26. The van der Waals surface area contributed by atoms with Gasteiger partial charge in [0.25, 0.3) is 26.0 Å². The molecule has 4 rings (SSSR count). The number of nitrogens with one attached hydrogen (secondary N) is 3. The molecule has 39 heavy (non-hydrogen) atoms. The van der Waals surface area contributed by atoms with E-state index in [1.165, 1.54) is 42.5 Å². The molecule has 0 aliphatic carbocycles. The summed E-state index contributed by atoms with van der Waals surface area (Å²) in [6, 6.07) is 21.6. The number of amides is 1. The highest BCUT2D eigenvalue weighted by atomic mass is 35.5. The van der Waals surface area contributed by atoms with Crippen LogP contribution in [0.1, 0.15) is 27.0 Å². The molecule has 0 bridgehead atoms. The van der Waals surface area contributed by atoms with Crippen molar-refractivity contribution in [1.82, 2.24) is 0 Å². The number of hydrogen-bond acceptors (Lipinski definition) is 5. The lowest BCUT2D eigenvalue weighted by Crippen LogP contribution is -2.17. The summed E-state index contributed by atoms with van der Waals surface area (Å²) in [7, 11) is -7.92. The molecule has 0 saturated heterocycles. The molecule has 0 unspecified atom stereocenters. The highest BCUT2D eigenvalue weighted by Gasteiger charge is 2.21. The minimum Gasteiger partial charge on any atom is -0.322 e. The largest absolute Gasteiger partial charge is 0.322 e. The quantitative estimate of drug-likeness (QED) is 0.231. The van der Waals surface area contributed by atoms with Gasteiger partial charge in [0.2, 0.25) is 0 Å². The zero-order valence-corrected chi connectivity index (χ0v) is 23.7. The number of aryl methyl sites for hydroxylation is 3. The van der Waals surface area contributed by atoms with Gasteiger partial charge in [-0.15, -0.1) is 0 Å². The monoisotopic (exact) mass is 583 g/mol. The van der Waals surface area contributed by atoms with Crippen LogP contribution in [-0.4, -0.2) is 22.7 Å². The van der Waals surface area contributed by atoms with Crippen molar-refractivity contribution >= 4 is 54.6 Å². The van der Waals surface area contributed by atoms with E-state index in [2.05, 4.69) is 14.8 Å². The Bertz CT molecular complexity index is 1750. The van der Waals surface area contributed by atoms with Crippen molar-refractivity contribution in [1.29, 1.82) is 0 Å². The predicted octanol–water partition coefficient (Wildman–Crippen LogP) is 6.12. The van der Waals surface area contributed by atoms with Gasteiger partial charge in [0.1, 0.15) is 4.90 Å². The van der Waals surface area contributed by atoms with Gasteiger partial charge in [-0.3, -0.25) is 14.2 Å². The third-order valence-corrected chi connectivity index (χ3v) is 9.23. The summed E-state index contributed by atoms with van der Waals surface area (Å²) in [6.07, 6.45) is 0. The van der Waals surface area contributed by atoms with Crippen LogP contribution in [0.2, 0.25) is 5.02 Å². The van der Waals surface area contributed by atoms with Gasteiger partial charge in [-0.2, -0.15) is 0 Å². The second kappa shape index (κ2) is 11.1. The topological polar surface area (TPSA) is 121 Å². The second-order valence-corrected chi connectivity index (χ2v) is 12.7. The molecule has 4 aromatic carbocycles. The van der Waals surface area contributed by atoms with E-state index >= 15 is 0 Å². The first-order chi connectivity index (χ1) is 18.3. The fourth-order valence-corrected chi connectivity index (χ4v) is 6.26. The fraction of sp³-hybridized carbons (Fsp3) is 0.107. The van der Waals surface area contributed by atoms with Gasteiger partial charge >= 0.3 is 0 Å². The molecule has 0 aliphatic heterocycles. The number of halogens is 1. The van der Waals surface area contributed by atoms with Crippen molar-refractivity contribution in [2.75, 3.05) is 14.8 Å². The molecule has 0 aromatic heterocycles. The minimum absolute atomic E-state index is 0.0146. The van der Waals surface area contributed by atoms with Crippen molar-refractivity contribution in [2.24, 2.45) is 0 Å². The van der Waals surface area contributed by atoms with Crippen molar-refractivity contribution in [2.45, 2.75) is 30.6 Å². The first-order valence-electron chi connectivity index (χ1n) is 11.7. The van der Waals surface area contributed by atoms with E-state index in [0.29, 0.717) is 17.1 Å². The summed E-state index contributed by atoms with van der Waals surface area (Å²) in [5, 5.41) is 2.60. The maximum atomic E-state index is 12.9. The Balaban J connectivity index is 1.49. The van der Waals surface area contributed by atoms with Gasteiger partial charge in [-0.1, -0.05) is 35.4 Å². The Morgan fingerprint density at radius 3 is 1.87 bits per heavy atom. The Hall–Kier alpha value is -3.86. The molecule has 202 valence electrons. The zero-order chi connectivity index (χ0) is 28.4. The number of benzene rings is 4. The highest BCUT2D eigenvalue weighted by molar-refractivity contribution is 7.93. The maximum absolute atomic E-state index is 12.9. The van der Waals surface area contributed by atoms with Gasteiger partial charge in [0, 0.05) is 22.6 Å². The van der Waals surface area contributed by atoms with Crippen molar-refractivity contribution in [3.63, 3.8) is 0 Å². The summed E-state index contributed by atoms with van der Waals surface area (Å²) in [5.41, 5.74) is 4.15. The summed E-state index contributed by atoms with van der Waals surface area (Å²) in [4.78, 5) is 12.6. The maximum Gasteiger partial charge on any atom is 0.263 e. The van der Waals surface area contributed by atoms with Crippen LogP contribution in [-0.2, 0) is 20.0 Å². The Morgan fingerprint density at radius 2 is 1.23 bits per heavy atom. The lowest BCUT2D eigenvalue weighted by atomic mass is 10.1. The Morgan fingerprint density at radius 1 is 0.641 bits per heavy atom. The standard InChI is InChI=1S/C28H26ClN3O5S2/c1-18-4-8-23(9-5-18)31-39(36,37)27-17-21(7-15-26(27)29)28(33)30-22-11-13-25(14-12-22)38(34,35)32-24-10-6-19(2)20(3)16-24/h4-17,31-32H,1-3H3,(H,30,33).